The van der Waals surface area contributed by atoms with Crippen molar-refractivity contribution in [3.8, 4) is 0 Å². The third kappa shape index (κ3) is 3.01. The van der Waals surface area contributed by atoms with E-state index in [9.17, 15) is 17.6 Å². The van der Waals surface area contributed by atoms with Crippen LogP contribution in [0, 0.1) is 5.82 Å². The quantitative estimate of drug-likeness (QED) is 0.835. The van der Waals surface area contributed by atoms with Crippen LogP contribution in [0.15, 0.2) is 35.2 Å². The highest BCUT2D eigenvalue weighted by Crippen LogP contribution is 2.39. The molecule has 1 unspecified atom stereocenters. The van der Waals surface area contributed by atoms with E-state index in [4.69, 9.17) is 0 Å². The molecule has 116 valence electrons. The van der Waals surface area contributed by atoms with Crippen LogP contribution in [0.2, 0.25) is 0 Å². The van der Waals surface area contributed by atoms with Gasteiger partial charge < -0.3 is 5.32 Å². The summed E-state index contributed by atoms with van der Waals surface area (Å²) in [5.74, 6) is 0.673. The van der Waals surface area contributed by atoms with E-state index in [0.717, 1.165) is 23.8 Å². The van der Waals surface area contributed by atoms with Gasteiger partial charge in [0.05, 0.1) is 6.04 Å². The van der Waals surface area contributed by atoms with Gasteiger partial charge in [-0.2, -0.15) is 13.2 Å². The zero-order chi connectivity index (χ0) is 15.7. The average molecular weight is 329 g/mol. The van der Waals surface area contributed by atoms with E-state index in [1.165, 1.54) is 23.9 Å². The molecular formula is C14H11F4N3S. The molecule has 0 amide bonds. The van der Waals surface area contributed by atoms with Crippen molar-refractivity contribution in [2.45, 2.75) is 23.5 Å². The molecule has 1 atom stereocenters. The number of fused-ring (bicyclic) bond motifs is 1. The Balaban J connectivity index is 1.82. The number of halogens is 4. The van der Waals surface area contributed by atoms with Crippen LogP contribution >= 0.6 is 11.8 Å². The van der Waals surface area contributed by atoms with Crippen LogP contribution in [0.4, 0.5) is 23.4 Å². The first kappa shape index (κ1) is 15.1. The summed E-state index contributed by atoms with van der Waals surface area (Å²) in [6, 6.07) is 6.73. The number of aromatic nitrogens is 2. The SMILES string of the molecule is Fc1cccc2c1SCCC2Nc1ccc(C(F)(F)F)nn1. The highest BCUT2D eigenvalue weighted by atomic mass is 32.2. The monoisotopic (exact) mass is 329 g/mol. The molecule has 0 aliphatic carbocycles. The largest absolute Gasteiger partial charge is 0.435 e. The van der Waals surface area contributed by atoms with Crippen molar-refractivity contribution in [3.63, 3.8) is 0 Å². The van der Waals surface area contributed by atoms with Gasteiger partial charge in [-0.1, -0.05) is 12.1 Å². The van der Waals surface area contributed by atoms with E-state index in [0.29, 0.717) is 4.90 Å². The minimum absolute atomic E-state index is 0.196. The number of hydrogen-bond donors (Lipinski definition) is 1. The highest BCUT2D eigenvalue weighted by Gasteiger charge is 2.33. The summed E-state index contributed by atoms with van der Waals surface area (Å²) >= 11 is 1.44. The fourth-order valence-corrected chi connectivity index (χ4v) is 3.42. The zero-order valence-electron chi connectivity index (χ0n) is 11.2. The molecular weight excluding hydrogens is 318 g/mol. The zero-order valence-corrected chi connectivity index (χ0v) is 12.0. The van der Waals surface area contributed by atoms with E-state index in [-0.39, 0.29) is 17.7 Å². The highest BCUT2D eigenvalue weighted by molar-refractivity contribution is 7.99. The number of thioether (sulfide) groups is 1. The smallest absolute Gasteiger partial charge is 0.362 e. The summed E-state index contributed by atoms with van der Waals surface area (Å²) in [6.45, 7) is 0. The fourth-order valence-electron chi connectivity index (χ4n) is 2.28. The number of nitrogens with one attached hydrogen (secondary N) is 1. The van der Waals surface area contributed by atoms with E-state index in [1.807, 2.05) is 0 Å². The average Bonchev–Trinajstić information content (AvgIpc) is 2.48. The molecule has 0 saturated carbocycles. The lowest BCUT2D eigenvalue weighted by Crippen LogP contribution is -2.18. The van der Waals surface area contributed by atoms with Gasteiger partial charge in [0.1, 0.15) is 11.6 Å². The van der Waals surface area contributed by atoms with Gasteiger partial charge >= 0.3 is 6.18 Å². The van der Waals surface area contributed by atoms with Crippen molar-refractivity contribution in [1.82, 2.24) is 10.2 Å². The van der Waals surface area contributed by atoms with Crippen molar-refractivity contribution < 1.29 is 17.6 Å². The maximum atomic E-state index is 13.8. The van der Waals surface area contributed by atoms with Crippen molar-refractivity contribution >= 4 is 17.6 Å². The summed E-state index contributed by atoms with van der Waals surface area (Å²) in [6.07, 6.45) is -3.79. The number of hydrogen-bond acceptors (Lipinski definition) is 4. The molecule has 1 aromatic carbocycles. The summed E-state index contributed by atoms with van der Waals surface area (Å²) in [7, 11) is 0. The molecule has 22 heavy (non-hydrogen) atoms. The maximum Gasteiger partial charge on any atom is 0.435 e. The van der Waals surface area contributed by atoms with E-state index in [2.05, 4.69) is 15.5 Å². The van der Waals surface area contributed by atoms with E-state index in [1.54, 1.807) is 12.1 Å². The molecule has 0 spiro atoms. The molecule has 3 rings (SSSR count). The van der Waals surface area contributed by atoms with Crippen molar-refractivity contribution in [1.29, 1.82) is 0 Å². The predicted octanol–water partition coefficient (Wildman–Crippen LogP) is 4.28. The van der Waals surface area contributed by atoms with E-state index >= 15 is 0 Å². The minimum atomic E-state index is -4.51. The first-order valence-electron chi connectivity index (χ1n) is 6.54. The van der Waals surface area contributed by atoms with Crippen LogP contribution in [0.3, 0.4) is 0 Å². The fraction of sp³-hybridized carbons (Fsp3) is 0.286. The Hall–Kier alpha value is -1.83. The molecule has 2 aromatic rings. The van der Waals surface area contributed by atoms with Crippen LogP contribution in [0.1, 0.15) is 23.7 Å². The second-order valence-electron chi connectivity index (χ2n) is 4.79. The number of benzene rings is 1. The number of anilines is 1. The Labute approximate surface area is 128 Å². The first-order chi connectivity index (χ1) is 10.4. The Kier molecular flexibility index (Phi) is 3.94. The molecule has 1 aliphatic heterocycles. The second-order valence-corrected chi connectivity index (χ2v) is 5.90. The Morgan fingerprint density at radius 2 is 1.95 bits per heavy atom. The lowest BCUT2D eigenvalue weighted by Gasteiger charge is -2.26. The Morgan fingerprint density at radius 1 is 1.14 bits per heavy atom. The van der Waals surface area contributed by atoms with Crippen molar-refractivity contribution in [2.75, 3.05) is 11.1 Å². The molecule has 2 heterocycles. The molecule has 8 heteroatoms. The van der Waals surface area contributed by atoms with Gasteiger partial charge in [0.15, 0.2) is 5.69 Å². The molecule has 0 saturated heterocycles. The normalized spacial score (nSPS) is 17.9. The van der Waals surface area contributed by atoms with Gasteiger partial charge in [-0.3, -0.25) is 0 Å². The van der Waals surface area contributed by atoms with Crippen LogP contribution < -0.4 is 5.32 Å². The standard InChI is InChI=1S/C14H11F4N3S/c15-9-3-1-2-8-10(6-7-22-13(8)9)19-12-5-4-11(20-21-12)14(16,17)18/h1-5,10H,6-7H2,(H,19,21). The number of nitrogens with zero attached hydrogens (tertiary/aromatic N) is 2. The second kappa shape index (κ2) is 5.75. The Bertz CT molecular complexity index is 673. The van der Waals surface area contributed by atoms with Gasteiger partial charge in [-0.15, -0.1) is 22.0 Å². The number of rotatable bonds is 2. The van der Waals surface area contributed by atoms with Crippen LogP contribution in [0.5, 0.6) is 0 Å². The summed E-state index contributed by atoms with van der Waals surface area (Å²) in [4.78, 5) is 0.575. The lowest BCUT2D eigenvalue weighted by molar-refractivity contribution is -0.141. The van der Waals surface area contributed by atoms with Gasteiger partial charge in [0.25, 0.3) is 0 Å². The number of alkyl halides is 3. The topological polar surface area (TPSA) is 37.8 Å². The molecule has 3 nitrogen and oxygen atoms in total. The Morgan fingerprint density at radius 3 is 2.64 bits per heavy atom. The molecule has 0 radical (unpaired) electrons. The van der Waals surface area contributed by atoms with Crippen molar-refractivity contribution in [3.05, 3.63) is 47.4 Å². The molecule has 1 aliphatic rings. The first-order valence-corrected chi connectivity index (χ1v) is 7.52. The molecule has 0 fully saturated rings. The molecule has 1 aromatic heterocycles. The third-order valence-electron chi connectivity index (χ3n) is 3.30. The summed E-state index contributed by atoms with van der Waals surface area (Å²) in [5, 5.41) is 9.75. The van der Waals surface area contributed by atoms with Crippen LogP contribution in [-0.4, -0.2) is 16.0 Å². The molecule has 1 N–H and O–H groups in total. The lowest BCUT2D eigenvalue weighted by atomic mass is 10.0. The van der Waals surface area contributed by atoms with Gasteiger partial charge in [-0.25, -0.2) is 4.39 Å². The van der Waals surface area contributed by atoms with Crippen molar-refractivity contribution in [2.24, 2.45) is 0 Å². The van der Waals surface area contributed by atoms with Gasteiger partial charge in [-0.05, 0) is 30.2 Å². The summed E-state index contributed by atoms with van der Waals surface area (Å²) < 4.78 is 51.1. The molecule has 0 bridgehead atoms. The van der Waals surface area contributed by atoms with Crippen LogP contribution in [-0.2, 0) is 6.18 Å². The summed E-state index contributed by atoms with van der Waals surface area (Å²) in [5.41, 5.74) is -0.248. The van der Waals surface area contributed by atoms with Gasteiger partial charge in [0, 0.05) is 10.6 Å². The minimum Gasteiger partial charge on any atom is -0.362 e. The predicted molar refractivity (Wildman–Crippen MR) is 75.1 cm³/mol. The van der Waals surface area contributed by atoms with Crippen LogP contribution in [0.25, 0.3) is 0 Å². The van der Waals surface area contributed by atoms with E-state index < -0.39 is 11.9 Å². The third-order valence-corrected chi connectivity index (χ3v) is 4.46. The van der Waals surface area contributed by atoms with Gasteiger partial charge in [0.2, 0.25) is 0 Å². The maximum absolute atomic E-state index is 13.8.